The SMILES string of the molecule is Cc1cc(Br)cc(C(Cl)c2cc(Br)cc3c2OCC3)c1. The molecule has 4 heteroatoms. The molecule has 2 aromatic carbocycles. The standard InChI is InChI=1S/C16H13Br2ClO/c1-9-4-11(7-12(17)5-9)15(19)14-8-13(18)6-10-2-3-20-16(10)14/h4-8,15H,2-3H2,1H3. The lowest BCUT2D eigenvalue weighted by Gasteiger charge is -2.16. The lowest BCUT2D eigenvalue weighted by Crippen LogP contribution is -1.98. The summed E-state index contributed by atoms with van der Waals surface area (Å²) in [6.07, 6.45) is 0.947. The molecule has 104 valence electrons. The predicted octanol–water partition coefficient (Wildman–Crippen LogP) is 5.78. The largest absolute Gasteiger partial charge is 0.493 e. The third kappa shape index (κ3) is 2.76. The third-order valence-corrected chi connectivity index (χ3v) is 4.81. The van der Waals surface area contributed by atoms with E-state index in [4.69, 9.17) is 16.3 Å². The van der Waals surface area contributed by atoms with Gasteiger partial charge in [-0.3, -0.25) is 0 Å². The van der Waals surface area contributed by atoms with E-state index in [2.05, 4.69) is 69.1 Å². The highest BCUT2D eigenvalue weighted by atomic mass is 79.9. The molecule has 0 aliphatic carbocycles. The van der Waals surface area contributed by atoms with Crippen LogP contribution in [0.5, 0.6) is 5.75 Å². The van der Waals surface area contributed by atoms with Crippen LogP contribution in [-0.2, 0) is 6.42 Å². The Labute approximate surface area is 140 Å². The second-order valence-electron chi connectivity index (χ2n) is 5.01. The van der Waals surface area contributed by atoms with Gasteiger partial charge in [0, 0.05) is 20.9 Å². The molecule has 2 aromatic rings. The molecule has 0 aromatic heterocycles. The van der Waals surface area contributed by atoms with Gasteiger partial charge >= 0.3 is 0 Å². The summed E-state index contributed by atoms with van der Waals surface area (Å²) >= 11 is 13.8. The second kappa shape index (κ2) is 5.70. The number of hydrogen-bond donors (Lipinski definition) is 0. The summed E-state index contributed by atoms with van der Waals surface area (Å²) in [5, 5.41) is -0.212. The van der Waals surface area contributed by atoms with Crippen molar-refractivity contribution in [3.05, 3.63) is 61.5 Å². The summed E-state index contributed by atoms with van der Waals surface area (Å²) in [4.78, 5) is 0. The van der Waals surface area contributed by atoms with Gasteiger partial charge in [-0.2, -0.15) is 0 Å². The van der Waals surface area contributed by atoms with Gasteiger partial charge in [0.1, 0.15) is 5.75 Å². The minimum atomic E-state index is -0.212. The summed E-state index contributed by atoms with van der Waals surface area (Å²) in [7, 11) is 0. The molecule has 0 fully saturated rings. The molecular weight excluding hydrogens is 403 g/mol. The molecule has 1 heterocycles. The van der Waals surface area contributed by atoms with Crippen LogP contribution in [0.2, 0.25) is 0 Å². The Morgan fingerprint density at radius 2 is 1.85 bits per heavy atom. The van der Waals surface area contributed by atoms with E-state index in [-0.39, 0.29) is 5.38 Å². The summed E-state index contributed by atoms with van der Waals surface area (Å²) < 4.78 is 7.87. The van der Waals surface area contributed by atoms with Gasteiger partial charge in [-0.15, -0.1) is 11.6 Å². The van der Waals surface area contributed by atoms with Gasteiger partial charge in [0.25, 0.3) is 0 Å². The van der Waals surface area contributed by atoms with Crippen molar-refractivity contribution in [3.63, 3.8) is 0 Å². The normalized spacial score (nSPS) is 14.8. The van der Waals surface area contributed by atoms with Crippen LogP contribution in [0.25, 0.3) is 0 Å². The zero-order chi connectivity index (χ0) is 14.3. The van der Waals surface area contributed by atoms with Crippen LogP contribution >= 0.6 is 43.5 Å². The fraction of sp³-hybridized carbons (Fsp3) is 0.250. The van der Waals surface area contributed by atoms with Crippen molar-refractivity contribution in [1.29, 1.82) is 0 Å². The average Bonchev–Trinajstić information content (AvgIpc) is 2.83. The molecule has 1 atom stereocenters. The monoisotopic (exact) mass is 414 g/mol. The Morgan fingerprint density at radius 3 is 2.60 bits per heavy atom. The molecule has 0 N–H and O–H groups in total. The summed E-state index contributed by atoms with van der Waals surface area (Å²) in [6, 6.07) is 10.4. The Hall–Kier alpha value is -0.510. The van der Waals surface area contributed by atoms with E-state index in [0.717, 1.165) is 38.8 Å². The quantitative estimate of drug-likeness (QED) is 0.564. The predicted molar refractivity (Wildman–Crippen MR) is 89.9 cm³/mol. The van der Waals surface area contributed by atoms with Crippen molar-refractivity contribution >= 4 is 43.5 Å². The lowest BCUT2D eigenvalue weighted by atomic mass is 9.99. The van der Waals surface area contributed by atoms with Crippen molar-refractivity contribution < 1.29 is 4.74 Å². The fourth-order valence-electron chi connectivity index (χ4n) is 2.58. The summed E-state index contributed by atoms with van der Waals surface area (Å²) in [5.74, 6) is 0.950. The molecular formula is C16H13Br2ClO. The number of alkyl halides is 1. The Bertz CT molecular complexity index is 650. The van der Waals surface area contributed by atoms with Gasteiger partial charge < -0.3 is 4.74 Å². The Kier molecular flexibility index (Phi) is 4.11. The van der Waals surface area contributed by atoms with Gasteiger partial charge in [0.15, 0.2) is 0 Å². The molecule has 3 rings (SSSR count). The summed E-state index contributed by atoms with van der Waals surface area (Å²) in [5.41, 5.74) is 4.53. The van der Waals surface area contributed by atoms with E-state index in [0.29, 0.717) is 0 Å². The summed E-state index contributed by atoms with van der Waals surface area (Å²) in [6.45, 7) is 2.81. The molecule has 1 unspecified atom stereocenters. The second-order valence-corrected chi connectivity index (χ2v) is 7.27. The number of fused-ring (bicyclic) bond motifs is 1. The third-order valence-electron chi connectivity index (χ3n) is 3.41. The molecule has 0 saturated heterocycles. The molecule has 1 aliphatic rings. The van der Waals surface area contributed by atoms with Gasteiger partial charge in [0.05, 0.1) is 12.0 Å². The smallest absolute Gasteiger partial charge is 0.127 e. The van der Waals surface area contributed by atoms with E-state index < -0.39 is 0 Å². The van der Waals surface area contributed by atoms with Crippen LogP contribution in [0.3, 0.4) is 0 Å². The van der Waals surface area contributed by atoms with Crippen LogP contribution in [0.15, 0.2) is 39.3 Å². The first-order valence-electron chi connectivity index (χ1n) is 6.41. The molecule has 1 aliphatic heterocycles. The highest BCUT2D eigenvalue weighted by Crippen LogP contribution is 2.42. The number of rotatable bonds is 2. The highest BCUT2D eigenvalue weighted by molar-refractivity contribution is 9.10. The number of aryl methyl sites for hydroxylation is 1. The van der Waals surface area contributed by atoms with E-state index in [9.17, 15) is 0 Å². The van der Waals surface area contributed by atoms with Crippen LogP contribution in [-0.4, -0.2) is 6.61 Å². The van der Waals surface area contributed by atoms with Crippen molar-refractivity contribution in [2.75, 3.05) is 6.61 Å². The minimum Gasteiger partial charge on any atom is -0.493 e. The van der Waals surface area contributed by atoms with E-state index >= 15 is 0 Å². The van der Waals surface area contributed by atoms with Crippen molar-refractivity contribution in [3.8, 4) is 5.75 Å². The van der Waals surface area contributed by atoms with Crippen LogP contribution < -0.4 is 4.74 Å². The van der Waals surface area contributed by atoms with Crippen LogP contribution in [0.1, 0.15) is 27.6 Å². The van der Waals surface area contributed by atoms with E-state index in [1.54, 1.807) is 0 Å². The first kappa shape index (κ1) is 14.4. The average molecular weight is 417 g/mol. The number of halogens is 3. The zero-order valence-electron chi connectivity index (χ0n) is 10.9. The number of ether oxygens (including phenoxy) is 1. The van der Waals surface area contributed by atoms with Crippen LogP contribution in [0, 0.1) is 6.92 Å². The Morgan fingerprint density at radius 1 is 1.10 bits per heavy atom. The van der Waals surface area contributed by atoms with Gasteiger partial charge in [-0.25, -0.2) is 0 Å². The van der Waals surface area contributed by atoms with E-state index in [1.807, 2.05) is 0 Å². The molecule has 0 saturated carbocycles. The maximum atomic E-state index is 6.71. The van der Waals surface area contributed by atoms with Crippen molar-refractivity contribution in [2.24, 2.45) is 0 Å². The maximum absolute atomic E-state index is 6.71. The van der Waals surface area contributed by atoms with Crippen molar-refractivity contribution in [2.45, 2.75) is 18.7 Å². The molecule has 0 amide bonds. The Balaban J connectivity index is 2.08. The van der Waals surface area contributed by atoms with Gasteiger partial charge in [-0.1, -0.05) is 37.9 Å². The first-order chi connectivity index (χ1) is 9.54. The minimum absolute atomic E-state index is 0.212. The topological polar surface area (TPSA) is 9.23 Å². The van der Waals surface area contributed by atoms with Crippen molar-refractivity contribution in [1.82, 2.24) is 0 Å². The molecule has 20 heavy (non-hydrogen) atoms. The molecule has 1 nitrogen and oxygen atoms in total. The van der Waals surface area contributed by atoms with Crippen LogP contribution in [0.4, 0.5) is 0 Å². The fourth-order valence-corrected chi connectivity index (χ4v) is 4.01. The molecule has 0 bridgehead atoms. The lowest BCUT2D eigenvalue weighted by molar-refractivity contribution is 0.353. The van der Waals surface area contributed by atoms with Gasteiger partial charge in [-0.05, 0) is 47.9 Å². The highest BCUT2D eigenvalue weighted by Gasteiger charge is 2.23. The zero-order valence-corrected chi connectivity index (χ0v) is 14.8. The molecule has 0 spiro atoms. The molecule has 0 radical (unpaired) electrons. The van der Waals surface area contributed by atoms with Gasteiger partial charge in [0.2, 0.25) is 0 Å². The maximum Gasteiger partial charge on any atom is 0.127 e. The van der Waals surface area contributed by atoms with E-state index in [1.165, 1.54) is 11.1 Å². The number of hydrogen-bond acceptors (Lipinski definition) is 1. The number of benzene rings is 2. The first-order valence-corrected chi connectivity index (χ1v) is 8.43.